The molecule has 0 fully saturated rings. The molecule has 0 atom stereocenters. The first-order valence-electron chi connectivity index (χ1n) is 8.59. The van der Waals surface area contributed by atoms with Crippen LogP contribution in [0.25, 0.3) is 11.3 Å². The van der Waals surface area contributed by atoms with Crippen molar-refractivity contribution in [2.24, 2.45) is 7.05 Å². The smallest absolute Gasteiger partial charge is 0.278 e. The number of rotatable bonds is 4. The summed E-state index contributed by atoms with van der Waals surface area (Å²) in [7, 11) is 1.79. The van der Waals surface area contributed by atoms with E-state index in [2.05, 4.69) is 5.10 Å². The Bertz CT molecular complexity index is 962. The molecule has 1 amide bonds. The molecule has 3 aromatic rings. The highest BCUT2D eigenvalue weighted by atomic mass is 19.1. The predicted octanol–water partition coefficient (Wildman–Crippen LogP) is 4.51. The lowest BCUT2D eigenvalue weighted by Gasteiger charge is -2.20. The van der Waals surface area contributed by atoms with E-state index in [4.69, 9.17) is 0 Å². The Morgan fingerprint density at radius 1 is 1.15 bits per heavy atom. The van der Waals surface area contributed by atoms with E-state index in [1.165, 1.54) is 6.07 Å². The van der Waals surface area contributed by atoms with E-state index in [9.17, 15) is 9.18 Å². The average molecular weight is 351 g/mol. The summed E-state index contributed by atoms with van der Waals surface area (Å²) in [4.78, 5) is 14.7. The van der Waals surface area contributed by atoms with Crippen LogP contribution in [-0.2, 0) is 7.05 Å². The number of hydrogen-bond donors (Lipinski definition) is 0. The molecule has 134 valence electrons. The number of carbonyl (C=O) groups excluding carboxylic acids is 1. The largest absolute Gasteiger partial charge is 0.307 e. The fourth-order valence-corrected chi connectivity index (χ4v) is 3.02. The van der Waals surface area contributed by atoms with Gasteiger partial charge in [0.15, 0.2) is 5.69 Å². The van der Waals surface area contributed by atoms with Crippen LogP contribution >= 0.6 is 0 Å². The van der Waals surface area contributed by atoms with Crippen molar-refractivity contribution in [3.63, 3.8) is 0 Å². The van der Waals surface area contributed by atoms with E-state index in [1.54, 1.807) is 41.8 Å². The van der Waals surface area contributed by atoms with E-state index >= 15 is 0 Å². The third-order valence-corrected chi connectivity index (χ3v) is 4.43. The number of aryl methyl sites for hydroxylation is 3. The zero-order valence-electron chi connectivity index (χ0n) is 15.5. The molecule has 0 saturated carbocycles. The summed E-state index contributed by atoms with van der Waals surface area (Å²) >= 11 is 0. The predicted molar refractivity (Wildman–Crippen MR) is 102 cm³/mol. The maximum Gasteiger partial charge on any atom is 0.278 e. The molecule has 5 heteroatoms. The number of nitrogens with zero attached hydrogens (tertiary/aromatic N) is 3. The number of benzene rings is 2. The summed E-state index contributed by atoms with van der Waals surface area (Å²) in [6.07, 6.45) is 0. The Morgan fingerprint density at radius 3 is 2.58 bits per heavy atom. The van der Waals surface area contributed by atoms with Gasteiger partial charge in [0.25, 0.3) is 5.91 Å². The lowest BCUT2D eigenvalue weighted by Crippen LogP contribution is -2.31. The van der Waals surface area contributed by atoms with Crippen molar-refractivity contribution in [3.8, 4) is 11.3 Å². The fourth-order valence-electron chi connectivity index (χ4n) is 3.02. The standard InChI is InChI=1S/C21H22FN3O/c1-5-25(17-8-6-7-14(2)11-17)21(26)19-13-20(24(4)23-19)16-9-10-18(22)15(3)12-16/h6-13H,5H2,1-4H3. The van der Waals surface area contributed by atoms with Crippen LogP contribution in [0.1, 0.15) is 28.5 Å². The molecule has 0 aliphatic rings. The van der Waals surface area contributed by atoms with Gasteiger partial charge in [-0.05, 0) is 68.3 Å². The van der Waals surface area contributed by atoms with Crippen molar-refractivity contribution in [2.75, 3.05) is 11.4 Å². The Morgan fingerprint density at radius 2 is 1.92 bits per heavy atom. The minimum absolute atomic E-state index is 0.154. The molecule has 1 heterocycles. The second kappa shape index (κ2) is 7.12. The van der Waals surface area contributed by atoms with Crippen molar-refractivity contribution < 1.29 is 9.18 Å². The van der Waals surface area contributed by atoms with Crippen LogP contribution < -0.4 is 4.90 Å². The van der Waals surface area contributed by atoms with E-state index in [-0.39, 0.29) is 11.7 Å². The van der Waals surface area contributed by atoms with E-state index < -0.39 is 0 Å². The molecule has 3 rings (SSSR count). The zero-order chi connectivity index (χ0) is 18.8. The first-order chi connectivity index (χ1) is 12.4. The quantitative estimate of drug-likeness (QED) is 0.694. The minimum Gasteiger partial charge on any atom is -0.307 e. The van der Waals surface area contributed by atoms with Crippen LogP contribution in [0.3, 0.4) is 0 Å². The van der Waals surface area contributed by atoms with Crippen molar-refractivity contribution in [3.05, 3.63) is 71.2 Å². The van der Waals surface area contributed by atoms with Crippen LogP contribution in [0.4, 0.5) is 10.1 Å². The molecular weight excluding hydrogens is 329 g/mol. The van der Waals surface area contributed by atoms with Gasteiger partial charge in [-0.1, -0.05) is 12.1 Å². The molecule has 0 radical (unpaired) electrons. The van der Waals surface area contributed by atoms with Crippen molar-refractivity contribution in [1.82, 2.24) is 9.78 Å². The highest BCUT2D eigenvalue weighted by molar-refractivity contribution is 6.05. The lowest BCUT2D eigenvalue weighted by molar-refractivity contribution is 0.0983. The number of aromatic nitrogens is 2. The van der Waals surface area contributed by atoms with Gasteiger partial charge < -0.3 is 4.90 Å². The van der Waals surface area contributed by atoms with Crippen molar-refractivity contribution in [2.45, 2.75) is 20.8 Å². The van der Waals surface area contributed by atoms with Gasteiger partial charge in [-0.3, -0.25) is 9.48 Å². The van der Waals surface area contributed by atoms with Gasteiger partial charge in [0, 0.05) is 24.8 Å². The van der Waals surface area contributed by atoms with Gasteiger partial charge in [0.05, 0.1) is 5.69 Å². The number of amides is 1. The van der Waals surface area contributed by atoms with Gasteiger partial charge in [-0.2, -0.15) is 5.10 Å². The maximum absolute atomic E-state index is 13.5. The number of hydrogen-bond acceptors (Lipinski definition) is 2. The van der Waals surface area contributed by atoms with Gasteiger partial charge in [-0.15, -0.1) is 0 Å². The van der Waals surface area contributed by atoms with Gasteiger partial charge in [0.1, 0.15) is 5.82 Å². The monoisotopic (exact) mass is 351 g/mol. The molecule has 2 aromatic carbocycles. The van der Waals surface area contributed by atoms with Crippen LogP contribution in [-0.4, -0.2) is 22.2 Å². The SMILES string of the molecule is CCN(C(=O)c1cc(-c2ccc(F)c(C)c2)n(C)n1)c1cccc(C)c1. The summed E-state index contributed by atoms with van der Waals surface area (Å²) in [5, 5.41) is 4.39. The molecule has 0 aliphatic heterocycles. The molecule has 4 nitrogen and oxygen atoms in total. The molecule has 0 aliphatic carbocycles. The third-order valence-electron chi connectivity index (χ3n) is 4.43. The minimum atomic E-state index is -0.246. The Hall–Kier alpha value is -2.95. The Balaban J connectivity index is 1.96. The fraction of sp³-hybridized carbons (Fsp3) is 0.238. The van der Waals surface area contributed by atoms with E-state index in [0.29, 0.717) is 17.8 Å². The zero-order valence-corrected chi connectivity index (χ0v) is 15.5. The Kier molecular flexibility index (Phi) is 4.89. The number of halogens is 1. The van der Waals surface area contributed by atoms with Crippen LogP contribution in [0.2, 0.25) is 0 Å². The Labute approximate surface area is 152 Å². The normalized spacial score (nSPS) is 10.8. The second-order valence-electron chi connectivity index (χ2n) is 6.39. The highest BCUT2D eigenvalue weighted by Crippen LogP contribution is 2.24. The first-order valence-corrected chi connectivity index (χ1v) is 8.59. The lowest BCUT2D eigenvalue weighted by atomic mass is 10.1. The molecule has 0 spiro atoms. The number of carbonyl (C=O) groups is 1. The topological polar surface area (TPSA) is 38.1 Å². The summed E-state index contributed by atoms with van der Waals surface area (Å²) in [6, 6.07) is 14.5. The van der Waals surface area contributed by atoms with Gasteiger partial charge in [0.2, 0.25) is 0 Å². The van der Waals surface area contributed by atoms with Crippen LogP contribution in [0.15, 0.2) is 48.5 Å². The molecule has 1 aromatic heterocycles. The van der Waals surface area contributed by atoms with Gasteiger partial charge in [-0.25, -0.2) is 4.39 Å². The summed E-state index contributed by atoms with van der Waals surface area (Å²) in [5.74, 6) is -0.400. The average Bonchev–Trinajstić information content (AvgIpc) is 3.00. The molecule has 0 bridgehead atoms. The summed E-state index contributed by atoms with van der Waals surface area (Å²) < 4.78 is 15.2. The third kappa shape index (κ3) is 3.38. The first kappa shape index (κ1) is 17.9. The summed E-state index contributed by atoms with van der Waals surface area (Å²) in [6.45, 7) is 6.20. The van der Waals surface area contributed by atoms with Gasteiger partial charge >= 0.3 is 0 Å². The molecular formula is C21H22FN3O. The van der Waals surface area contributed by atoms with E-state index in [0.717, 1.165) is 22.5 Å². The van der Waals surface area contributed by atoms with Crippen molar-refractivity contribution in [1.29, 1.82) is 0 Å². The summed E-state index contributed by atoms with van der Waals surface area (Å²) in [5.41, 5.74) is 4.48. The van der Waals surface area contributed by atoms with Crippen LogP contribution in [0.5, 0.6) is 0 Å². The molecule has 0 unspecified atom stereocenters. The molecule has 0 saturated heterocycles. The van der Waals surface area contributed by atoms with Crippen molar-refractivity contribution >= 4 is 11.6 Å². The number of anilines is 1. The second-order valence-corrected chi connectivity index (χ2v) is 6.39. The molecule has 0 N–H and O–H groups in total. The highest BCUT2D eigenvalue weighted by Gasteiger charge is 2.21. The van der Waals surface area contributed by atoms with Crippen LogP contribution in [0, 0.1) is 19.7 Å². The maximum atomic E-state index is 13.5. The molecule has 26 heavy (non-hydrogen) atoms. The van der Waals surface area contributed by atoms with E-state index in [1.807, 2.05) is 38.1 Å².